The normalized spacial score (nSPS) is 11.7. The summed E-state index contributed by atoms with van der Waals surface area (Å²) in [4.78, 5) is 2.34. The second kappa shape index (κ2) is 16.2. The standard InChI is InChI=1S/C66H42N2O2/c1-2-13-45(14-3-1)53-20-12-23-59-60-42-48(33-40-64(60)70-66(53)59)44-29-36-50(37-30-44)67(51-38-31-46(32-39-51)54-21-11-22-58-57-19-6-9-26-63(57)69-65(54)58)49-34-27-43(28-35-49)47-15-10-16-52(41-47)68-61-24-7-4-17-55(61)56-18-5-8-25-62(56)68/h1-42H. The lowest BCUT2D eigenvalue weighted by atomic mass is 9.99. The zero-order chi connectivity index (χ0) is 46.1. The van der Waals surface area contributed by atoms with Crippen LogP contribution >= 0.6 is 0 Å². The first-order valence-corrected chi connectivity index (χ1v) is 23.8. The molecular weight excluding hydrogens is 853 g/mol. The van der Waals surface area contributed by atoms with Crippen LogP contribution in [0.5, 0.6) is 0 Å². The maximum atomic E-state index is 6.53. The Hall–Kier alpha value is -9.38. The highest BCUT2D eigenvalue weighted by molar-refractivity contribution is 6.12. The fourth-order valence-electron chi connectivity index (χ4n) is 10.7. The van der Waals surface area contributed by atoms with Gasteiger partial charge in [-0.05, 0) is 112 Å². The smallest absolute Gasteiger partial charge is 0.143 e. The second-order valence-electron chi connectivity index (χ2n) is 18.0. The van der Waals surface area contributed by atoms with Gasteiger partial charge in [-0.1, -0.05) is 176 Å². The summed E-state index contributed by atoms with van der Waals surface area (Å²) in [7, 11) is 0. The topological polar surface area (TPSA) is 34.5 Å². The molecule has 3 heterocycles. The third-order valence-corrected chi connectivity index (χ3v) is 14.0. The van der Waals surface area contributed by atoms with Gasteiger partial charge in [-0.25, -0.2) is 0 Å². The van der Waals surface area contributed by atoms with E-state index in [4.69, 9.17) is 8.83 Å². The summed E-state index contributed by atoms with van der Waals surface area (Å²) in [6.45, 7) is 0. The van der Waals surface area contributed by atoms with Gasteiger partial charge >= 0.3 is 0 Å². The number of hydrogen-bond donors (Lipinski definition) is 0. The van der Waals surface area contributed by atoms with E-state index in [1.165, 1.54) is 21.8 Å². The molecular formula is C66H42N2O2. The molecule has 4 heteroatoms. The molecule has 0 N–H and O–H groups in total. The largest absolute Gasteiger partial charge is 0.455 e. The van der Waals surface area contributed by atoms with Crippen LogP contribution < -0.4 is 4.90 Å². The van der Waals surface area contributed by atoms with Crippen molar-refractivity contribution in [3.05, 3.63) is 255 Å². The van der Waals surface area contributed by atoms with E-state index in [9.17, 15) is 0 Å². The summed E-state index contributed by atoms with van der Waals surface area (Å²) in [6.07, 6.45) is 0. The molecule has 0 radical (unpaired) electrons. The third kappa shape index (κ3) is 6.53. The Labute approximate surface area is 404 Å². The first-order chi connectivity index (χ1) is 34.7. The van der Waals surface area contributed by atoms with Crippen molar-refractivity contribution in [3.63, 3.8) is 0 Å². The number of rotatable bonds is 8. The van der Waals surface area contributed by atoms with Gasteiger partial charge in [0.05, 0.1) is 11.0 Å². The van der Waals surface area contributed by atoms with Gasteiger partial charge < -0.3 is 18.3 Å². The monoisotopic (exact) mass is 894 g/mol. The summed E-state index contributed by atoms with van der Waals surface area (Å²) in [6, 6.07) is 91.0. The minimum absolute atomic E-state index is 0.881. The molecule has 3 aromatic heterocycles. The zero-order valence-corrected chi connectivity index (χ0v) is 38.0. The SMILES string of the molecule is c1ccc(-c2cccc3c2oc2ccc(-c4ccc(N(c5ccc(-c6cccc(-n7c8ccccc8c8ccccc87)c6)cc5)c5ccc(-c6cccc7c6oc6ccccc67)cc5)cc4)cc23)cc1. The van der Waals surface area contributed by atoms with E-state index in [1.807, 2.05) is 18.2 Å². The molecule has 0 aliphatic heterocycles. The maximum Gasteiger partial charge on any atom is 0.143 e. The molecule has 4 nitrogen and oxygen atoms in total. The van der Waals surface area contributed by atoms with Gasteiger partial charge in [0, 0.05) is 66.2 Å². The molecule has 11 aromatic carbocycles. The molecule has 0 bridgehead atoms. The molecule has 0 aliphatic rings. The fourth-order valence-corrected chi connectivity index (χ4v) is 10.7. The molecule has 0 unspecified atom stereocenters. The van der Waals surface area contributed by atoms with Crippen LogP contribution in [0.2, 0.25) is 0 Å². The highest BCUT2D eigenvalue weighted by atomic mass is 16.3. The van der Waals surface area contributed by atoms with Crippen molar-refractivity contribution in [2.24, 2.45) is 0 Å². The molecule has 70 heavy (non-hydrogen) atoms. The average molecular weight is 895 g/mol. The minimum Gasteiger partial charge on any atom is -0.455 e. The Morgan fingerprint density at radius 3 is 1.31 bits per heavy atom. The van der Waals surface area contributed by atoms with Gasteiger partial charge in [0.25, 0.3) is 0 Å². The number of aromatic nitrogens is 1. The number of nitrogens with zero attached hydrogens (tertiary/aromatic N) is 2. The fraction of sp³-hybridized carbons (Fsp3) is 0. The predicted octanol–water partition coefficient (Wildman–Crippen LogP) is 18.7. The van der Waals surface area contributed by atoms with Crippen LogP contribution in [0, 0.1) is 0 Å². The zero-order valence-electron chi connectivity index (χ0n) is 38.0. The van der Waals surface area contributed by atoms with Crippen LogP contribution in [0.15, 0.2) is 264 Å². The van der Waals surface area contributed by atoms with Gasteiger partial charge in [-0.2, -0.15) is 0 Å². The Bertz CT molecular complexity index is 4220. The van der Waals surface area contributed by atoms with Crippen molar-refractivity contribution in [3.8, 4) is 50.2 Å². The summed E-state index contributed by atoms with van der Waals surface area (Å²) >= 11 is 0. The number of furan rings is 2. The van der Waals surface area contributed by atoms with Crippen molar-refractivity contribution < 1.29 is 8.83 Å². The number of hydrogen-bond acceptors (Lipinski definition) is 3. The first kappa shape index (κ1) is 39.8. The molecule has 0 fully saturated rings. The molecule has 14 aromatic rings. The molecule has 0 amide bonds. The van der Waals surface area contributed by atoms with Crippen molar-refractivity contribution in [2.45, 2.75) is 0 Å². The quantitative estimate of drug-likeness (QED) is 0.152. The van der Waals surface area contributed by atoms with E-state index in [1.54, 1.807) is 0 Å². The van der Waals surface area contributed by atoms with Gasteiger partial charge in [-0.3, -0.25) is 0 Å². The van der Waals surface area contributed by atoms with Crippen molar-refractivity contribution in [1.29, 1.82) is 0 Å². The van der Waals surface area contributed by atoms with Gasteiger partial charge in [-0.15, -0.1) is 0 Å². The summed E-state index contributed by atoms with van der Waals surface area (Å²) in [5.74, 6) is 0. The Kier molecular flexibility index (Phi) is 9.17. The van der Waals surface area contributed by atoms with E-state index >= 15 is 0 Å². The average Bonchev–Trinajstić information content (AvgIpc) is 4.12. The molecule has 0 atom stereocenters. The van der Waals surface area contributed by atoms with Crippen molar-refractivity contribution in [1.82, 2.24) is 4.57 Å². The summed E-state index contributed by atoms with van der Waals surface area (Å²) in [5.41, 5.74) is 19.3. The van der Waals surface area contributed by atoms with Crippen molar-refractivity contribution in [2.75, 3.05) is 4.90 Å². The van der Waals surface area contributed by atoms with E-state index in [-0.39, 0.29) is 0 Å². The van der Waals surface area contributed by atoms with Crippen LogP contribution in [-0.2, 0) is 0 Å². The molecule has 0 aliphatic carbocycles. The van der Waals surface area contributed by atoms with Gasteiger partial charge in [0.15, 0.2) is 0 Å². The van der Waals surface area contributed by atoms with Gasteiger partial charge in [0.2, 0.25) is 0 Å². The number of para-hydroxylation sites is 5. The molecule has 0 saturated heterocycles. The lowest BCUT2D eigenvalue weighted by Crippen LogP contribution is -2.09. The highest BCUT2D eigenvalue weighted by Gasteiger charge is 2.18. The lowest BCUT2D eigenvalue weighted by molar-refractivity contribution is 0.669. The van der Waals surface area contributed by atoms with Crippen LogP contribution in [0.25, 0.3) is 116 Å². The van der Waals surface area contributed by atoms with E-state index < -0.39 is 0 Å². The summed E-state index contributed by atoms with van der Waals surface area (Å²) < 4.78 is 15.4. The Morgan fingerprint density at radius 1 is 0.271 bits per heavy atom. The van der Waals surface area contributed by atoms with Crippen molar-refractivity contribution >= 4 is 82.7 Å². The minimum atomic E-state index is 0.881. The first-order valence-electron chi connectivity index (χ1n) is 23.8. The second-order valence-corrected chi connectivity index (χ2v) is 18.0. The van der Waals surface area contributed by atoms with E-state index in [0.29, 0.717) is 0 Å². The molecule has 328 valence electrons. The molecule has 0 saturated carbocycles. The highest BCUT2D eigenvalue weighted by Crippen LogP contribution is 2.42. The van der Waals surface area contributed by atoms with Crippen LogP contribution in [0.3, 0.4) is 0 Å². The number of fused-ring (bicyclic) bond motifs is 9. The van der Waals surface area contributed by atoms with Crippen LogP contribution in [-0.4, -0.2) is 4.57 Å². The Morgan fingerprint density at radius 2 is 0.700 bits per heavy atom. The van der Waals surface area contributed by atoms with E-state index in [0.717, 1.165) is 111 Å². The maximum absolute atomic E-state index is 6.53. The van der Waals surface area contributed by atoms with Gasteiger partial charge in [0.1, 0.15) is 22.3 Å². The lowest BCUT2D eigenvalue weighted by Gasteiger charge is -2.26. The third-order valence-electron chi connectivity index (χ3n) is 14.0. The predicted molar refractivity (Wildman–Crippen MR) is 292 cm³/mol. The van der Waals surface area contributed by atoms with Crippen LogP contribution in [0.1, 0.15) is 0 Å². The van der Waals surface area contributed by atoms with Crippen LogP contribution in [0.4, 0.5) is 17.1 Å². The molecule has 0 spiro atoms. The molecule has 14 rings (SSSR count). The number of anilines is 3. The number of benzene rings is 11. The summed E-state index contributed by atoms with van der Waals surface area (Å²) in [5, 5.41) is 6.98. The Balaban J connectivity index is 0.839. The van der Waals surface area contributed by atoms with E-state index in [2.05, 4.69) is 246 Å².